The highest BCUT2D eigenvalue weighted by Gasteiger charge is 2.30. The maximum Gasteiger partial charge on any atom is 0.416 e. The number of aliphatic imine (C=N–C) groups is 1. The van der Waals surface area contributed by atoms with E-state index < -0.39 is 11.7 Å². The summed E-state index contributed by atoms with van der Waals surface area (Å²) in [5.41, 5.74) is 3.66. The van der Waals surface area contributed by atoms with Crippen LogP contribution in [0.5, 0.6) is 0 Å². The van der Waals surface area contributed by atoms with Crippen LogP contribution in [-0.2, 0) is 12.6 Å². The normalized spacial score (nSPS) is 11.8. The van der Waals surface area contributed by atoms with E-state index in [1.807, 2.05) is 44.1 Å². The number of fused-ring (bicyclic) bond motifs is 1. The number of nitrogens with one attached hydrogen (secondary N) is 1. The van der Waals surface area contributed by atoms with Crippen molar-refractivity contribution in [2.45, 2.75) is 19.5 Å². The van der Waals surface area contributed by atoms with Crippen LogP contribution in [0.25, 0.3) is 10.9 Å². The number of aryl methyl sites for hydroxylation is 1. The van der Waals surface area contributed by atoms with Crippen LogP contribution in [0.4, 0.5) is 36.2 Å². The number of nitrogens with zero attached hydrogens (tertiary/aromatic N) is 5. The molecule has 6 nitrogen and oxygen atoms in total. The second-order valence-corrected chi connectivity index (χ2v) is 7.93. The third-order valence-corrected chi connectivity index (χ3v) is 5.18. The van der Waals surface area contributed by atoms with Gasteiger partial charge in [0, 0.05) is 43.5 Å². The van der Waals surface area contributed by atoms with E-state index in [0.717, 1.165) is 40.1 Å². The Labute approximate surface area is 195 Å². The standard InChI is InChI=1S/C25H23F3N6/c1-16-21-8-5-9-22(34(2)3)23(21)33-24(31-16)29-13-12-18-10-11-20(15-30-18)32-19-7-4-6-17(14-19)25(26,27)28/h4-11,13-15,32H,12H2,1-3H3. The fourth-order valence-electron chi connectivity index (χ4n) is 3.47. The van der Waals surface area contributed by atoms with Gasteiger partial charge in [-0.15, -0.1) is 0 Å². The van der Waals surface area contributed by atoms with Crippen molar-refractivity contribution >= 4 is 40.1 Å². The maximum absolute atomic E-state index is 12.9. The number of pyridine rings is 1. The number of hydrogen-bond acceptors (Lipinski definition) is 6. The molecule has 34 heavy (non-hydrogen) atoms. The molecule has 0 saturated heterocycles. The molecule has 0 amide bonds. The van der Waals surface area contributed by atoms with Gasteiger partial charge in [0.05, 0.1) is 34.3 Å². The van der Waals surface area contributed by atoms with Gasteiger partial charge in [-0.1, -0.05) is 18.2 Å². The molecule has 2 aromatic carbocycles. The highest BCUT2D eigenvalue weighted by atomic mass is 19.4. The summed E-state index contributed by atoms with van der Waals surface area (Å²) in [6, 6.07) is 14.6. The minimum absolute atomic E-state index is 0.340. The first-order valence-corrected chi connectivity index (χ1v) is 10.6. The Balaban J connectivity index is 1.45. The first-order valence-electron chi connectivity index (χ1n) is 10.6. The molecule has 1 N–H and O–H groups in total. The second-order valence-electron chi connectivity index (χ2n) is 7.93. The molecule has 0 saturated carbocycles. The largest absolute Gasteiger partial charge is 0.416 e. The number of aromatic nitrogens is 3. The number of para-hydroxylation sites is 1. The lowest BCUT2D eigenvalue weighted by Gasteiger charge is -2.15. The zero-order valence-electron chi connectivity index (χ0n) is 18.9. The summed E-state index contributed by atoms with van der Waals surface area (Å²) in [6.07, 6.45) is -0.662. The van der Waals surface area contributed by atoms with Crippen molar-refractivity contribution < 1.29 is 13.2 Å². The third-order valence-electron chi connectivity index (χ3n) is 5.18. The Bertz CT molecular complexity index is 1330. The second kappa shape index (κ2) is 9.46. The van der Waals surface area contributed by atoms with Crippen LogP contribution in [-0.4, -0.2) is 35.3 Å². The monoisotopic (exact) mass is 464 g/mol. The van der Waals surface area contributed by atoms with Gasteiger partial charge in [0.15, 0.2) is 0 Å². The summed E-state index contributed by atoms with van der Waals surface area (Å²) in [5, 5.41) is 3.93. The Kier molecular flexibility index (Phi) is 6.45. The highest BCUT2D eigenvalue weighted by Crippen LogP contribution is 2.31. The zero-order chi connectivity index (χ0) is 24.3. The van der Waals surface area contributed by atoms with Crippen molar-refractivity contribution in [1.29, 1.82) is 0 Å². The van der Waals surface area contributed by atoms with Gasteiger partial charge in [-0.25, -0.2) is 15.0 Å². The number of alkyl halides is 3. The summed E-state index contributed by atoms with van der Waals surface area (Å²) in [4.78, 5) is 19.9. The molecule has 0 bridgehead atoms. The Morgan fingerprint density at radius 2 is 1.79 bits per heavy atom. The molecular formula is C25H23F3N6. The molecule has 0 atom stereocenters. The lowest BCUT2D eigenvalue weighted by Crippen LogP contribution is -2.09. The van der Waals surface area contributed by atoms with Crippen molar-refractivity contribution in [3.63, 3.8) is 0 Å². The lowest BCUT2D eigenvalue weighted by molar-refractivity contribution is -0.137. The average molecular weight is 464 g/mol. The molecule has 0 radical (unpaired) electrons. The molecule has 0 fully saturated rings. The topological polar surface area (TPSA) is 66.3 Å². The lowest BCUT2D eigenvalue weighted by atomic mass is 10.1. The van der Waals surface area contributed by atoms with Crippen LogP contribution >= 0.6 is 0 Å². The molecule has 174 valence electrons. The quantitative estimate of drug-likeness (QED) is 0.349. The molecule has 2 heterocycles. The highest BCUT2D eigenvalue weighted by molar-refractivity contribution is 5.92. The molecule has 4 aromatic rings. The fourth-order valence-corrected chi connectivity index (χ4v) is 3.47. The Morgan fingerprint density at radius 3 is 2.50 bits per heavy atom. The number of hydrogen-bond donors (Lipinski definition) is 1. The van der Waals surface area contributed by atoms with Crippen LogP contribution in [0, 0.1) is 6.92 Å². The van der Waals surface area contributed by atoms with Crippen molar-refractivity contribution in [1.82, 2.24) is 15.0 Å². The van der Waals surface area contributed by atoms with E-state index in [4.69, 9.17) is 0 Å². The SMILES string of the molecule is Cc1nc(N=CCc2ccc(Nc3cccc(C(F)(F)F)c3)cn2)nc2c(N(C)C)cccc12. The van der Waals surface area contributed by atoms with Gasteiger partial charge in [0.2, 0.25) is 5.95 Å². The molecule has 0 spiro atoms. The summed E-state index contributed by atoms with van der Waals surface area (Å²) in [7, 11) is 3.93. The number of anilines is 3. The van der Waals surface area contributed by atoms with Gasteiger partial charge in [0.1, 0.15) is 0 Å². The van der Waals surface area contributed by atoms with E-state index in [2.05, 4.69) is 25.3 Å². The van der Waals surface area contributed by atoms with Crippen molar-refractivity contribution in [2.24, 2.45) is 4.99 Å². The molecule has 0 aliphatic rings. The van der Waals surface area contributed by atoms with Gasteiger partial charge in [0.25, 0.3) is 0 Å². The summed E-state index contributed by atoms with van der Waals surface area (Å²) >= 11 is 0. The van der Waals surface area contributed by atoms with Gasteiger partial charge in [-0.3, -0.25) is 4.98 Å². The van der Waals surface area contributed by atoms with Crippen LogP contribution in [0.2, 0.25) is 0 Å². The predicted molar refractivity (Wildman–Crippen MR) is 129 cm³/mol. The molecular weight excluding hydrogens is 441 g/mol. The zero-order valence-corrected chi connectivity index (χ0v) is 18.9. The van der Waals surface area contributed by atoms with Crippen LogP contribution in [0.3, 0.4) is 0 Å². The van der Waals surface area contributed by atoms with E-state index >= 15 is 0 Å². The Hall–Kier alpha value is -4.01. The van der Waals surface area contributed by atoms with E-state index in [1.165, 1.54) is 6.07 Å². The van der Waals surface area contributed by atoms with Gasteiger partial charge in [-0.2, -0.15) is 13.2 Å². The molecule has 2 aromatic heterocycles. The predicted octanol–water partition coefficient (Wildman–Crippen LogP) is 6.11. The van der Waals surface area contributed by atoms with E-state index in [9.17, 15) is 13.2 Å². The third kappa shape index (κ3) is 5.31. The van der Waals surface area contributed by atoms with Gasteiger partial charge >= 0.3 is 6.18 Å². The van der Waals surface area contributed by atoms with E-state index in [-0.39, 0.29) is 0 Å². The molecule has 4 rings (SSSR count). The van der Waals surface area contributed by atoms with Gasteiger partial charge < -0.3 is 10.2 Å². The summed E-state index contributed by atoms with van der Waals surface area (Å²) in [5.74, 6) is 0.377. The van der Waals surface area contributed by atoms with E-state index in [1.54, 1.807) is 30.6 Å². The van der Waals surface area contributed by atoms with Crippen molar-refractivity contribution in [2.75, 3.05) is 24.3 Å². The summed E-state index contributed by atoms with van der Waals surface area (Å²) < 4.78 is 38.7. The fraction of sp³-hybridized carbons (Fsp3) is 0.200. The van der Waals surface area contributed by atoms with Crippen molar-refractivity contribution in [3.8, 4) is 0 Å². The van der Waals surface area contributed by atoms with Crippen LogP contribution in [0.15, 0.2) is 65.8 Å². The Morgan fingerprint density at radius 1 is 1.00 bits per heavy atom. The smallest absolute Gasteiger partial charge is 0.376 e. The first kappa shape index (κ1) is 23.2. The molecule has 0 aliphatic carbocycles. The first-order chi connectivity index (χ1) is 16.2. The minimum Gasteiger partial charge on any atom is -0.376 e. The van der Waals surface area contributed by atoms with Crippen molar-refractivity contribution in [3.05, 3.63) is 77.7 Å². The minimum atomic E-state index is -4.39. The summed E-state index contributed by atoms with van der Waals surface area (Å²) in [6.45, 7) is 1.93. The average Bonchev–Trinajstić information content (AvgIpc) is 2.79. The molecule has 0 aliphatic heterocycles. The number of benzene rings is 2. The van der Waals surface area contributed by atoms with Crippen LogP contribution < -0.4 is 10.2 Å². The number of halogens is 3. The maximum atomic E-state index is 12.9. The van der Waals surface area contributed by atoms with Crippen LogP contribution in [0.1, 0.15) is 17.0 Å². The number of rotatable bonds is 6. The molecule has 9 heteroatoms. The molecule has 0 unspecified atom stereocenters. The van der Waals surface area contributed by atoms with Gasteiger partial charge in [-0.05, 0) is 43.3 Å². The van der Waals surface area contributed by atoms with E-state index in [0.29, 0.717) is 23.7 Å².